The van der Waals surface area contributed by atoms with E-state index in [2.05, 4.69) is 0 Å². The van der Waals surface area contributed by atoms with Crippen LogP contribution < -0.4 is 5.84 Å². The molecule has 1 unspecified atom stereocenters. The van der Waals surface area contributed by atoms with E-state index in [0.29, 0.717) is 13.2 Å². The van der Waals surface area contributed by atoms with Crippen molar-refractivity contribution in [2.75, 3.05) is 31.8 Å². The molecule has 1 fully saturated rings. The van der Waals surface area contributed by atoms with Crippen molar-refractivity contribution in [2.45, 2.75) is 6.04 Å². The first kappa shape index (κ1) is 9.91. The van der Waals surface area contributed by atoms with Crippen LogP contribution in [0.4, 0.5) is 0 Å². The molecule has 1 aliphatic rings. The standard InChI is InChI=1S/C6H14N2O3S/c1-11-4-6-5-12(9,10)3-2-8(6)7/h6H,2-5,7H2,1H3. The third kappa shape index (κ3) is 2.41. The van der Waals surface area contributed by atoms with E-state index < -0.39 is 9.84 Å². The van der Waals surface area contributed by atoms with Crippen molar-refractivity contribution >= 4 is 9.84 Å². The molecule has 1 saturated heterocycles. The lowest BCUT2D eigenvalue weighted by atomic mass is 10.3. The van der Waals surface area contributed by atoms with E-state index in [9.17, 15) is 8.42 Å². The normalized spacial score (nSPS) is 30.3. The number of hydrazine groups is 1. The molecule has 0 saturated carbocycles. The average molecular weight is 194 g/mol. The van der Waals surface area contributed by atoms with Gasteiger partial charge in [-0.3, -0.25) is 5.84 Å². The molecule has 0 aliphatic carbocycles. The Bertz CT molecular complexity index is 239. The second kappa shape index (κ2) is 3.69. The molecule has 0 spiro atoms. The van der Waals surface area contributed by atoms with Crippen LogP contribution in [0.5, 0.6) is 0 Å². The number of rotatable bonds is 2. The van der Waals surface area contributed by atoms with Gasteiger partial charge in [0, 0.05) is 13.7 Å². The number of hydrogen-bond donors (Lipinski definition) is 1. The van der Waals surface area contributed by atoms with Crippen LogP contribution in [0.3, 0.4) is 0 Å². The van der Waals surface area contributed by atoms with Gasteiger partial charge < -0.3 is 4.74 Å². The van der Waals surface area contributed by atoms with Gasteiger partial charge in [-0.1, -0.05) is 0 Å². The van der Waals surface area contributed by atoms with E-state index in [1.807, 2.05) is 0 Å². The van der Waals surface area contributed by atoms with E-state index in [-0.39, 0.29) is 17.5 Å². The van der Waals surface area contributed by atoms with Crippen LogP contribution in [-0.4, -0.2) is 51.2 Å². The Morgan fingerprint density at radius 3 is 2.92 bits per heavy atom. The van der Waals surface area contributed by atoms with E-state index >= 15 is 0 Å². The van der Waals surface area contributed by atoms with E-state index in [4.69, 9.17) is 10.6 Å². The zero-order chi connectivity index (χ0) is 9.19. The predicted octanol–water partition coefficient (Wildman–Crippen LogP) is -1.39. The summed E-state index contributed by atoms with van der Waals surface area (Å²) in [5.41, 5.74) is 0. The second-order valence-corrected chi connectivity index (χ2v) is 5.19. The topological polar surface area (TPSA) is 72.6 Å². The zero-order valence-corrected chi connectivity index (χ0v) is 7.88. The fourth-order valence-electron chi connectivity index (χ4n) is 1.24. The van der Waals surface area contributed by atoms with Crippen LogP contribution in [0.2, 0.25) is 0 Å². The summed E-state index contributed by atoms with van der Waals surface area (Å²) in [7, 11) is -1.35. The molecule has 0 aromatic rings. The monoisotopic (exact) mass is 194 g/mol. The fraction of sp³-hybridized carbons (Fsp3) is 1.00. The number of hydrogen-bond acceptors (Lipinski definition) is 5. The predicted molar refractivity (Wildman–Crippen MR) is 45.2 cm³/mol. The lowest BCUT2D eigenvalue weighted by molar-refractivity contribution is 0.101. The summed E-state index contributed by atoms with van der Waals surface area (Å²) in [6, 6.07) is -0.186. The van der Waals surface area contributed by atoms with Crippen molar-refractivity contribution in [2.24, 2.45) is 5.84 Å². The van der Waals surface area contributed by atoms with Crippen molar-refractivity contribution in [1.29, 1.82) is 0 Å². The molecule has 1 atom stereocenters. The zero-order valence-electron chi connectivity index (χ0n) is 7.06. The molecule has 0 bridgehead atoms. The van der Waals surface area contributed by atoms with Crippen LogP contribution in [0.15, 0.2) is 0 Å². The minimum atomic E-state index is -2.89. The molecule has 0 aromatic carbocycles. The highest BCUT2D eigenvalue weighted by molar-refractivity contribution is 7.91. The first-order valence-corrected chi connectivity index (χ1v) is 5.58. The van der Waals surface area contributed by atoms with Gasteiger partial charge in [0.05, 0.1) is 24.2 Å². The Hall–Kier alpha value is -0.170. The Morgan fingerprint density at radius 1 is 1.67 bits per heavy atom. The van der Waals surface area contributed by atoms with Crippen LogP contribution >= 0.6 is 0 Å². The summed E-state index contributed by atoms with van der Waals surface area (Å²) in [4.78, 5) is 0. The highest BCUT2D eigenvalue weighted by atomic mass is 32.2. The smallest absolute Gasteiger partial charge is 0.153 e. The molecule has 0 aromatic heterocycles. The van der Waals surface area contributed by atoms with Crippen molar-refractivity contribution in [1.82, 2.24) is 5.01 Å². The molecule has 1 heterocycles. The van der Waals surface area contributed by atoms with Gasteiger partial charge in [-0.05, 0) is 0 Å². The van der Waals surface area contributed by atoms with Crippen LogP contribution in [0.1, 0.15) is 0 Å². The fourth-order valence-corrected chi connectivity index (χ4v) is 2.77. The van der Waals surface area contributed by atoms with Gasteiger partial charge in [-0.2, -0.15) is 0 Å². The summed E-state index contributed by atoms with van der Waals surface area (Å²) in [5, 5.41) is 1.53. The van der Waals surface area contributed by atoms with Crippen LogP contribution in [0, 0.1) is 0 Å². The number of nitrogens with zero attached hydrogens (tertiary/aromatic N) is 1. The Balaban J connectivity index is 2.59. The molecule has 72 valence electrons. The van der Waals surface area contributed by atoms with Crippen molar-refractivity contribution in [3.63, 3.8) is 0 Å². The minimum absolute atomic E-state index is 0.108. The minimum Gasteiger partial charge on any atom is -0.383 e. The molecule has 6 heteroatoms. The molecule has 2 N–H and O–H groups in total. The summed E-state index contributed by atoms with van der Waals surface area (Å²) in [6.07, 6.45) is 0. The molecule has 1 aliphatic heterocycles. The van der Waals surface area contributed by atoms with Crippen molar-refractivity contribution in [3.8, 4) is 0 Å². The van der Waals surface area contributed by atoms with Gasteiger partial charge in [-0.25, -0.2) is 13.4 Å². The molecule has 0 radical (unpaired) electrons. The van der Waals surface area contributed by atoms with Crippen LogP contribution in [-0.2, 0) is 14.6 Å². The van der Waals surface area contributed by atoms with Gasteiger partial charge >= 0.3 is 0 Å². The summed E-state index contributed by atoms with van der Waals surface area (Å²) in [6.45, 7) is 0.770. The first-order chi connectivity index (χ1) is 5.55. The maximum Gasteiger partial charge on any atom is 0.153 e. The largest absolute Gasteiger partial charge is 0.383 e. The number of methoxy groups -OCH3 is 1. The van der Waals surface area contributed by atoms with Gasteiger partial charge in [-0.15, -0.1) is 0 Å². The Kier molecular flexibility index (Phi) is 3.05. The second-order valence-electron chi connectivity index (χ2n) is 2.96. The summed E-state index contributed by atoms with van der Waals surface area (Å²) >= 11 is 0. The molecular weight excluding hydrogens is 180 g/mol. The number of sulfone groups is 1. The van der Waals surface area contributed by atoms with Crippen molar-refractivity contribution < 1.29 is 13.2 Å². The Morgan fingerprint density at radius 2 is 2.33 bits per heavy atom. The number of nitrogens with two attached hydrogens (primary N) is 1. The maximum absolute atomic E-state index is 11.1. The first-order valence-electron chi connectivity index (χ1n) is 3.76. The van der Waals surface area contributed by atoms with Gasteiger partial charge in [0.1, 0.15) is 0 Å². The van der Waals surface area contributed by atoms with E-state index in [0.717, 1.165) is 0 Å². The Labute approximate surface area is 72.4 Å². The molecule has 12 heavy (non-hydrogen) atoms. The SMILES string of the molecule is COCC1CS(=O)(=O)CCN1N. The molecular formula is C6H14N2O3S. The lowest BCUT2D eigenvalue weighted by Crippen LogP contribution is -2.53. The van der Waals surface area contributed by atoms with Gasteiger partial charge in [0.15, 0.2) is 9.84 Å². The summed E-state index contributed by atoms with van der Waals surface area (Å²) in [5.74, 6) is 5.84. The quantitative estimate of drug-likeness (QED) is 0.548. The van der Waals surface area contributed by atoms with Crippen molar-refractivity contribution in [3.05, 3.63) is 0 Å². The van der Waals surface area contributed by atoms with E-state index in [1.54, 1.807) is 0 Å². The highest BCUT2D eigenvalue weighted by Crippen LogP contribution is 2.07. The average Bonchev–Trinajstić information content (AvgIpc) is 1.97. The van der Waals surface area contributed by atoms with E-state index in [1.165, 1.54) is 12.1 Å². The lowest BCUT2D eigenvalue weighted by Gasteiger charge is -2.30. The molecule has 0 amide bonds. The van der Waals surface area contributed by atoms with Gasteiger partial charge in [0.25, 0.3) is 0 Å². The molecule has 1 rings (SSSR count). The van der Waals surface area contributed by atoms with Gasteiger partial charge in [0.2, 0.25) is 0 Å². The number of ether oxygens (including phenoxy) is 1. The van der Waals surface area contributed by atoms with Crippen LogP contribution in [0.25, 0.3) is 0 Å². The third-order valence-electron chi connectivity index (χ3n) is 1.93. The summed E-state index contributed by atoms with van der Waals surface area (Å²) < 4.78 is 27.1. The third-order valence-corrected chi connectivity index (χ3v) is 3.63. The highest BCUT2D eigenvalue weighted by Gasteiger charge is 2.28. The maximum atomic E-state index is 11.1. The molecule has 5 nitrogen and oxygen atoms in total.